The summed E-state index contributed by atoms with van der Waals surface area (Å²) in [6.07, 6.45) is 5.49. The van der Waals surface area contributed by atoms with Gasteiger partial charge in [0, 0.05) is 22.8 Å². The molecular formula is C18H18N2. The number of anilines is 3. The molecule has 2 aromatic carbocycles. The van der Waals surface area contributed by atoms with Crippen molar-refractivity contribution in [3.05, 3.63) is 91.7 Å². The second kappa shape index (κ2) is 6.43. The third-order valence-corrected chi connectivity index (χ3v) is 2.92. The van der Waals surface area contributed by atoms with Crippen LogP contribution >= 0.6 is 0 Å². The van der Waals surface area contributed by atoms with Gasteiger partial charge in [-0.25, -0.2) is 0 Å². The summed E-state index contributed by atoms with van der Waals surface area (Å²) >= 11 is 0. The van der Waals surface area contributed by atoms with E-state index in [4.69, 9.17) is 5.73 Å². The van der Waals surface area contributed by atoms with Crippen LogP contribution in [0.2, 0.25) is 0 Å². The molecule has 0 fully saturated rings. The molecule has 0 aliphatic carbocycles. The van der Waals surface area contributed by atoms with Gasteiger partial charge in [0.05, 0.1) is 0 Å². The fraction of sp³-hybridized carbons (Fsp3) is 0. The smallest absolute Gasteiger partial charge is 0.0463 e. The van der Waals surface area contributed by atoms with E-state index in [0.29, 0.717) is 0 Å². The highest BCUT2D eigenvalue weighted by molar-refractivity contribution is 5.71. The van der Waals surface area contributed by atoms with Gasteiger partial charge < -0.3 is 10.6 Å². The van der Waals surface area contributed by atoms with Crippen molar-refractivity contribution in [3.8, 4) is 0 Å². The Morgan fingerprint density at radius 2 is 1.50 bits per heavy atom. The first-order chi connectivity index (χ1) is 9.76. The van der Waals surface area contributed by atoms with Crippen LogP contribution in [0.15, 0.2) is 91.7 Å². The van der Waals surface area contributed by atoms with Gasteiger partial charge in [-0.15, -0.1) is 0 Å². The van der Waals surface area contributed by atoms with Crippen LogP contribution in [0.4, 0.5) is 17.1 Å². The quantitative estimate of drug-likeness (QED) is 0.627. The van der Waals surface area contributed by atoms with Crippen molar-refractivity contribution < 1.29 is 0 Å². The minimum Gasteiger partial charge on any atom is -0.399 e. The summed E-state index contributed by atoms with van der Waals surface area (Å²) in [5.74, 6) is 0. The Balaban J connectivity index is 2.54. The highest BCUT2D eigenvalue weighted by Gasteiger charge is 2.11. The molecule has 0 heterocycles. The molecule has 100 valence electrons. The Bertz CT molecular complexity index is 610. The van der Waals surface area contributed by atoms with Gasteiger partial charge in [0.25, 0.3) is 0 Å². The van der Waals surface area contributed by atoms with Crippen molar-refractivity contribution in [2.75, 3.05) is 10.6 Å². The fourth-order valence-electron chi connectivity index (χ4n) is 2.00. The largest absolute Gasteiger partial charge is 0.399 e. The van der Waals surface area contributed by atoms with Crippen molar-refractivity contribution in [1.29, 1.82) is 0 Å². The van der Waals surface area contributed by atoms with Gasteiger partial charge in [0.15, 0.2) is 0 Å². The topological polar surface area (TPSA) is 29.3 Å². The first-order valence-corrected chi connectivity index (χ1v) is 6.42. The number of hydrogen-bond acceptors (Lipinski definition) is 2. The van der Waals surface area contributed by atoms with E-state index in [-0.39, 0.29) is 0 Å². The summed E-state index contributed by atoms with van der Waals surface area (Å²) in [7, 11) is 0. The standard InChI is InChI=1S/C18H18N2/c1-3-8-16(4-2)20(17-9-6-5-7-10-17)18-13-11-15(19)12-14-18/h3-14H,1-2,19H2/b16-8+. The molecule has 0 spiro atoms. The molecule has 2 aromatic rings. The number of para-hydroxylation sites is 1. The number of nitrogens with two attached hydrogens (primary N) is 1. The predicted molar refractivity (Wildman–Crippen MR) is 87.9 cm³/mol. The molecule has 2 heteroatoms. The molecule has 0 amide bonds. The zero-order chi connectivity index (χ0) is 14.4. The van der Waals surface area contributed by atoms with Crippen LogP contribution in [0.3, 0.4) is 0 Å². The Morgan fingerprint density at radius 3 is 2.05 bits per heavy atom. The second-order valence-corrected chi connectivity index (χ2v) is 4.29. The highest BCUT2D eigenvalue weighted by atomic mass is 15.1. The highest BCUT2D eigenvalue weighted by Crippen LogP contribution is 2.30. The van der Waals surface area contributed by atoms with Crippen molar-refractivity contribution in [1.82, 2.24) is 0 Å². The average Bonchev–Trinajstić information content (AvgIpc) is 2.49. The third-order valence-electron chi connectivity index (χ3n) is 2.92. The molecule has 0 unspecified atom stereocenters. The van der Waals surface area contributed by atoms with Gasteiger partial charge in [-0.2, -0.15) is 0 Å². The normalized spacial score (nSPS) is 10.9. The number of hydrogen-bond donors (Lipinski definition) is 1. The van der Waals surface area contributed by atoms with E-state index < -0.39 is 0 Å². The van der Waals surface area contributed by atoms with Gasteiger partial charge in [-0.1, -0.05) is 37.4 Å². The Morgan fingerprint density at radius 1 is 0.900 bits per heavy atom. The summed E-state index contributed by atoms with van der Waals surface area (Å²) in [6, 6.07) is 17.9. The zero-order valence-corrected chi connectivity index (χ0v) is 11.4. The number of rotatable bonds is 5. The van der Waals surface area contributed by atoms with Gasteiger partial charge >= 0.3 is 0 Å². The molecule has 2 N–H and O–H groups in total. The number of benzene rings is 2. The van der Waals surface area contributed by atoms with Crippen molar-refractivity contribution in [3.63, 3.8) is 0 Å². The number of nitrogen functional groups attached to an aromatic ring is 1. The molecule has 2 rings (SSSR count). The number of allylic oxidation sites excluding steroid dienone is 3. The maximum atomic E-state index is 5.76. The van der Waals surface area contributed by atoms with E-state index in [1.807, 2.05) is 54.6 Å². The monoisotopic (exact) mass is 262 g/mol. The Hall–Kier alpha value is -2.74. The molecule has 2 nitrogen and oxygen atoms in total. The lowest BCUT2D eigenvalue weighted by Gasteiger charge is -2.26. The molecule has 0 aliphatic rings. The molecule has 0 aliphatic heterocycles. The van der Waals surface area contributed by atoms with Crippen molar-refractivity contribution in [2.24, 2.45) is 0 Å². The lowest BCUT2D eigenvalue weighted by molar-refractivity contribution is 1.21. The molecule has 20 heavy (non-hydrogen) atoms. The summed E-state index contributed by atoms with van der Waals surface area (Å²) < 4.78 is 0. The predicted octanol–water partition coefficient (Wildman–Crippen LogP) is 4.66. The van der Waals surface area contributed by atoms with Gasteiger partial charge in [0.2, 0.25) is 0 Å². The van der Waals surface area contributed by atoms with Gasteiger partial charge in [-0.3, -0.25) is 0 Å². The van der Waals surface area contributed by atoms with E-state index in [2.05, 4.69) is 30.2 Å². The SMILES string of the molecule is C=C/C=C(\C=C)N(c1ccccc1)c1ccc(N)cc1. The molecule has 0 aromatic heterocycles. The van der Waals surface area contributed by atoms with Crippen molar-refractivity contribution in [2.45, 2.75) is 0 Å². The number of nitrogens with zero attached hydrogens (tertiary/aromatic N) is 1. The van der Waals surface area contributed by atoms with Gasteiger partial charge in [-0.05, 0) is 48.6 Å². The minimum atomic E-state index is 0.745. The van der Waals surface area contributed by atoms with Crippen LogP contribution in [-0.4, -0.2) is 0 Å². The van der Waals surface area contributed by atoms with Crippen molar-refractivity contribution >= 4 is 17.1 Å². The maximum Gasteiger partial charge on any atom is 0.0463 e. The molecule has 0 bridgehead atoms. The maximum absolute atomic E-state index is 5.76. The summed E-state index contributed by atoms with van der Waals surface area (Å²) in [4.78, 5) is 2.11. The van der Waals surface area contributed by atoms with E-state index in [1.165, 1.54) is 0 Å². The Kier molecular flexibility index (Phi) is 4.40. The molecule has 0 saturated heterocycles. The van der Waals surface area contributed by atoms with E-state index in [9.17, 15) is 0 Å². The molecule has 0 radical (unpaired) electrons. The van der Waals surface area contributed by atoms with Crippen LogP contribution < -0.4 is 10.6 Å². The average molecular weight is 262 g/mol. The lowest BCUT2D eigenvalue weighted by atomic mass is 10.2. The minimum absolute atomic E-state index is 0.745. The molecular weight excluding hydrogens is 244 g/mol. The van der Waals surface area contributed by atoms with E-state index >= 15 is 0 Å². The molecule has 0 saturated carbocycles. The fourth-order valence-corrected chi connectivity index (χ4v) is 2.00. The Labute approximate surface area is 120 Å². The summed E-state index contributed by atoms with van der Waals surface area (Å²) in [5, 5.41) is 0. The summed E-state index contributed by atoms with van der Waals surface area (Å²) in [5.41, 5.74) is 9.55. The van der Waals surface area contributed by atoms with Crippen LogP contribution in [0.5, 0.6) is 0 Å². The summed E-state index contributed by atoms with van der Waals surface area (Å²) in [6.45, 7) is 7.65. The first kappa shape index (κ1) is 13.7. The van der Waals surface area contributed by atoms with Crippen LogP contribution in [-0.2, 0) is 0 Å². The van der Waals surface area contributed by atoms with E-state index in [0.717, 1.165) is 22.8 Å². The van der Waals surface area contributed by atoms with Crippen LogP contribution in [0.1, 0.15) is 0 Å². The zero-order valence-electron chi connectivity index (χ0n) is 11.4. The first-order valence-electron chi connectivity index (χ1n) is 6.42. The van der Waals surface area contributed by atoms with E-state index in [1.54, 1.807) is 6.08 Å². The van der Waals surface area contributed by atoms with Crippen LogP contribution in [0, 0.1) is 0 Å². The second-order valence-electron chi connectivity index (χ2n) is 4.29. The lowest BCUT2D eigenvalue weighted by Crippen LogP contribution is -2.14. The van der Waals surface area contributed by atoms with Crippen LogP contribution in [0.25, 0.3) is 0 Å². The third kappa shape index (κ3) is 2.98. The van der Waals surface area contributed by atoms with Gasteiger partial charge in [0.1, 0.15) is 0 Å². The molecule has 0 atom stereocenters.